The Bertz CT molecular complexity index is 936. The van der Waals surface area contributed by atoms with Gasteiger partial charge in [0.1, 0.15) is 6.23 Å². The Hall–Kier alpha value is -2.87. The molecule has 1 unspecified atom stereocenters. The van der Waals surface area contributed by atoms with Crippen molar-refractivity contribution in [1.29, 1.82) is 0 Å². The number of aliphatic hydroxyl groups is 1. The van der Waals surface area contributed by atoms with Crippen molar-refractivity contribution >= 4 is 23.2 Å². The fourth-order valence-corrected chi connectivity index (χ4v) is 3.90. The van der Waals surface area contributed by atoms with Crippen LogP contribution in [-0.2, 0) is 11.2 Å². The number of carbonyl (C=O) groups is 1. The number of nitrogens with zero attached hydrogens (tertiary/aromatic N) is 3. The van der Waals surface area contributed by atoms with Crippen molar-refractivity contribution in [2.24, 2.45) is 0 Å². The number of hydrogen-bond acceptors (Lipinski definition) is 6. The number of aromatic nitrogens is 2. The summed E-state index contributed by atoms with van der Waals surface area (Å²) >= 11 is 0. The molecule has 1 saturated heterocycles. The van der Waals surface area contributed by atoms with E-state index in [0.717, 1.165) is 37.3 Å². The van der Waals surface area contributed by atoms with Crippen LogP contribution < -0.4 is 20.7 Å². The average molecular weight is 383 g/mol. The smallest absolute Gasteiger partial charge is 0.255 e. The van der Waals surface area contributed by atoms with Crippen molar-refractivity contribution in [1.82, 2.24) is 9.97 Å². The van der Waals surface area contributed by atoms with Gasteiger partial charge in [0, 0.05) is 30.8 Å². The summed E-state index contributed by atoms with van der Waals surface area (Å²) in [4.78, 5) is 36.5. The molecule has 28 heavy (non-hydrogen) atoms. The molecule has 1 aromatic heterocycles. The third-order valence-electron chi connectivity index (χ3n) is 5.38. The fraction of sp³-hybridized carbons (Fsp3) is 0.450. The van der Waals surface area contributed by atoms with Crippen LogP contribution in [0.15, 0.2) is 29.1 Å². The van der Waals surface area contributed by atoms with Gasteiger partial charge in [-0.05, 0) is 38.3 Å². The first-order valence-corrected chi connectivity index (χ1v) is 9.71. The first-order chi connectivity index (χ1) is 13.5. The summed E-state index contributed by atoms with van der Waals surface area (Å²) in [6.45, 7) is 3.81. The number of anilines is 3. The Labute approximate surface area is 163 Å². The lowest BCUT2D eigenvalue weighted by Crippen LogP contribution is -2.44. The topological polar surface area (TPSA) is 102 Å². The Morgan fingerprint density at radius 1 is 1.29 bits per heavy atom. The zero-order chi connectivity index (χ0) is 19.7. The van der Waals surface area contributed by atoms with E-state index in [9.17, 15) is 14.7 Å². The number of carbonyl (C=O) groups excluding carboxylic acids is 1. The maximum absolute atomic E-state index is 12.8. The SMILES string of the molecule is Cc1nc(N2CCCC2)[nH]c(=O)c1CCC(=O)N1CC(O)Nc2ccccc21. The second kappa shape index (κ2) is 7.63. The third kappa shape index (κ3) is 3.60. The minimum absolute atomic E-state index is 0.129. The molecule has 1 aromatic carbocycles. The summed E-state index contributed by atoms with van der Waals surface area (Å²) in [5, 5.41) is 13.0. The van der Waals surface area contributed by atoms with Crippen molar-refractivity contribution in [3.05, 3.63) is 45.9 Å². The zero-order valence-corrected chi connectivity index (χ0v) is 15.9. The molecule has 2 aliphatic heterocycles. The predicted octanol–water partition coefficient (Wildman–Crippen LogP) is 1.39. The first kappa shape index (κ1) is 18.5. The fourth-order valence-electron chi connectivity index (χ4n) is 3.90. The number of aromatic amines is 1. The van der Waals surface area contributed by atoms with Gasteiger partial charge in [0.2, 0.25) is 11.9 Å². The molecule has 1 fully saturated rings. The number of nitrogens with one attached hydrogen (secondary N) is 2. The number of aliphatic hydroxyl groups excluding tert-OH is 1. The van der Waals surface area contributed by atoms with Gasteiger partial charge in [0.25, 0.3) is 5.56 Å². The van der Waals surface area contributed by atoms with Gasteiger partial charge in [0.15, 0.2) is 0 Å². The van der Waals surface area contributed by atoms with Gasteiger partial charge >= 0.3 is 0 Å². The van der Waals surface area contributed by atoms with Gasteiger partial charge in [-0.2, -0.15) is 0 Å². The summed E-state index contributed by atoms with van der Waals surface area (Å²) in [5.41, 5.74) is 2.49. The number of aryl methyl sites for hydroxylation is 1. The van der Waals surface area contributed by atoms with Crippen LogP contribution in [0.5, 0.6) is 0 Å². The predicted molar refractivity (Wildman–Crippen MR) is 108 cm³/mol. The monoisotopic (exact) mass is 383 g/mol. The van der Waals surface area contributed by atoms with Gasteiger partial charge in [0.05, 0.1) is 17.9 Å². The van der Waals surface area contributed by atoms with Gasteiger partial charge in [-0.1, -0.05) is 12.1 Å². The highest BCUT2D eigenvalue weighted by molar-refractivity contribution is 5.97. The number of hydrogen-bond donors (Lipinski definition) is 3. The van der Waals surface area contributed by atoms with E-state index in [1.54, 1.807) is 4.90 Å². The maximum atomic E-state index is 12.8. The Balaban J connectivity index is 1.49. The van der Waals surface area contributed by atoms with E-state index in [0.29, 0.717) is 23.6 Å². The average Bonchev–Trinajstić information content (AvgIpc) is 3.21. The Morgan fingerprint density at radius 3 is 2.79 bits per heavy atom. The van der Waals surface area contributed by atoms with Crippen LogP contribution in [-0.4, -0.2) is 46.8 Å². The van der Waals surface area contributed by atoms with Crippen molar-refractivity contribution < 1.29 is 9.90 Å². The van der Waals surface area contributed by atoms with Crippen LogP contribution in [0.3, 0.4) is 0 Å². The highest BCUT2D eigenvalue weighted by Crippen LogP contribution is 2.30. The zero-order valence-electron chi connectivity index (χ0n) is 15.9. The van der Waals surface area contributed by atoms with Crippen molar-refractivity contribution in [2.45, 2.75) is 38.8 Å². The van der Waals surface area contributed by atoms with Crippen molar-refractivity contribution in [3.8, 4) is 0 Å². The van der Waals surface area contributed by atoms with Crippen molar-refractivity contribution in [2.75, 3.05) is 34.8 Å². The molecule has 1 atom stereocenters. The number of para-hydroxylation sites is 2. The lowest BCUT2D eigenvalue weighted by atomic mass is 10.1. The summed E-state index contributed by atoms with van der Waals surface area (Å²) < 4.78 is 0. The number of amides is 1. The highest BCUT2D eigenvalue weighted by Gasteiger charge is 2.27. The quantitative estimate of drug-likeness (QED) is 0.738. The summed E-state index contributed by atoms with van der Waals surface area (Å²) in [6.07, 6.45) is 1.89. The molecule has 8 heteroatoms. The third-order valence-corrected chi connectivity index (χ3v) is 5.38. The molecule has 2 aliphatic rings. The van der Waals surface area contributed by atoms with Crippen LogP contribution in [0.4, 0.5) is 17.3 Å². The molecule has 3 heterocycles. The molecule has 4 rings (SSSR count). The van der Waals surface area contributed by atoms with Crippen LogP contribution in [0.2, 0.25) is 0 Å². The molecule has 0 saturated carbocycles. The Morgan fingerprint density at radius 2 is 2.04 bits per heavy atom. The lowest BCUT2D eigenvalue weighted by Gasteiger charge is -2.33. The van der Waals surface area contributed by atoms with E-state index in [4.69, 9.17) is 0 Å². The normalized spacial score (nSPS) is 18.7. The number of H-pyrrole nitrogens is 1. The maximum Gasteiger partial charge on any atom is 0.255 e. The highest BCUT2D eigenvalue weighted by atomic mass is 16.3. The second-order valence-corrected chi connectivity index (χ2v) is 7.33. The van der Waals surface area contributed by atoms with Crippen molar-refractivity contribution in [3.63, 3.8) is 0 Å². The molecule has 2 aromatic rings. The molecule has 0 bridgehead atoms. The van der Waals surface area contributed by atoms with E-state index in [1.807, 2.05) is 31.2 Å². The lowest BCUT2D eigenvalue weighted by molar-refractivity contribution is -0.118. The van der Waals surface area contributed by atoms with E-state index in [2.05, 4.69) is 20.2 Å². The van der Waals surface area contributed by atoms with E-state index in [-0.39, 0.29) is 24.4 Å². The minimum Gasteiger partial charge on any atom is -0.372 e. The molecule has 148 valence electrons. The van der Waals surface area contributed by atoms with E-state index < -0.39 is 6.23 Å². The standard InChI is InChI=1S/C20H25N5O3/c1-13-14(19(28)23-20(21-13)24-10-4-5-11-24)8-9-18(27)25-12-17(26)22-15-6-2-3-7-16(15)25/h2-3,6-7,17,22,26H,4-5,8-12H2,1H3,(H,21,23,28). The molecule has 3 N–H and O–H groups in total. The first-order valence-electron chi connectivity index (χ1n) is 9.71. The molecule has 8 nitrogen and oxygen atoms in total. The summed E-state index contributed by atoms with van der Waals surface area (Å²) in [5.74, 6) is 0.490. The van der Waals surface area contributed by atoms with Gasteiger partial charge in [-0.25, -0.2) is 4.98 Å². The number of β-amino-alcohol motifs (C(OH)–C–C–N with tert-alkyl or cyclic N) is 1. The Kier molecular flexibility index (Phi) is 5.04. The van der Waals surface area contributed by atoms with E-state index in [1.165, 1.54) is 0 Å². The van der Waals surface area contributed by atoms with Gasteiger partial charge in [-0.15, -0.1) is 0 Å². The van der Waals surface area contributed by atoms with Crippen LogP contribution in [0.1, 0.15) is 30.5 Å². The van der Waals surface area contributed by atoms with Gasteiger partial charge < -0.3 is 20.2 Å². The second-order valence-electron chi connectivity index (χ2n) is 7.33. The molecule has 0 aliphatic carbocycles. The molecule has 1 amide bonds. The summed E-state index contributed by atoms with van der Waals surface area (Å²) in [7, 11) is 0. The van der Waals surface area contributed by atoms with E-state index >= 15 is 0 Å². The molecular formula is C20H25N5O3. The molecule has 0 radical (unpaired) electrons. The molecule has 0 spiro atoms. The van der Waals surface area contributed by atoms with Gasteiger partial charge in [-0.3, -0.25) is 14.6 Å². The number of fused-ring (bicyclic) bond motifs is 1. The number of benzene rings is 1. The van der Waals surface area contributed by atoms with Crippen LogP contribution >= 0.6 is 0 Å². The summed E-state index contributed by atoms with van der Waals surface area (Å²) in [6, 6.07) is 7.38. The molecular weight excluding hydrogens is 358 g/mol. The number of rotatable bonds is 4. The largest absolute Gasteiger partial charge is 0.372 e. The minimum atomic E-state index is -0.814. The van der Waals surface area contributed by atoms with Crippen LogP contribution in [0.25, 0.3) is 0 Å². The van der Waals surface area contributed by atoms with Crippen LogP contribution in [0, 0.1) is 6.92 Å².